The third kappa shape index (κ3) is 2.03. The molecular formula is C14H24N2O3. The van der Waals surface area contributed by atoms with E-state index in [1.807, 2.05) is 6.92 Å². The molecule has 0 radical (unpaired) electrons. The van der Waals surface area contributed by atoms with E-state index >= 15 is 0 Å². The van der Waals surface area contributed by atoms with Crippen molar-refractivity contribution in [2.24, 2.45) is 11.3 Å². The smallest absolute Gasteiger partial charge is 0.315 e. The van der Waals surface area contributed by atoms with Crippen LogP contribution in [0.2, 0.25) is 0 Å². The first-order chi connectivity index (χ1) is 9.17. The Morgan fingerprint density at radius 1 is 1.53 bits per heavy atom. The van der Waals surface area contributed by atoms with E-state index < -0.39 is 0 Å². The Balaban J connectivity index is 1.55. The number of urea groups is 1. The molecule has 5 nitrogen and oxygen atoms in total. The zero-order valence-electron chi connectivity index (χ0n) is 11.5. The van der Waals surface area contributed by atoms with Gasteiger partial charge in [0.05, 0.1) is 6.10 Å². The molecule has 0 aromatic rings. The van der Waals surface area contributed by atoms with Crippen molar-refractivity contribution in [2.75, 3.05) is 13.2 Å². The normalized spacial score (nSPS) is 36.0. The molecule has 19 heavy (non-hydrogen) atoms. The largest absolute Gasteiger partial charge is 0.396 e. The van der Waals surface area contributed by atoms with Crippen molar-refractivity contribution in [1.82, 2.24) is 10.6 Å². The Bertz CT molecular complexity index is 357. The molecule has 3 unspecified atom stereocenters. The molecule has 0 aromatic carbocycles. The quantitative estimate of drug-likeness (QED) is 0.713. The van der Waals surface area contributed by atoms with Gasteiger partial charge in [0.1, 0.15) is 0 Å². The minimum Gasteiger partial charge on any atom is -0.396 e. The summed E-state index contributed by atoms with van der Waals surface area (Å²) in [6, 6.07) is 0.204. The van der Waals surface area contributed by atoms with Crippen LogP contribution >= 0.6 is 0 Å². The number of nitrogens with one attached hydrogen (secondary N) is 2. The zero-order valence-corrected chi connectivity index (χ0v) is 11.5. The van der Waals surface area contributed by atoms with Gasteiger partial charge in [-0.3, -0.25) is 0 Å². The summed E-state index contributed by atoms with van der Waals surface area (Å²) in [7, 11) is 0. The summed E-state index contributed by atoms with van der Waals surface area (Å²) >= 11 is 0. The molecular weight excluding hydrogens is 244 g/mol. The number of rotatable bonds is 4. The molecule has 2 amide bonds. The van der Waals surface area contributed by atoms with Crippen LogP contribution in [0.1, 0.15) is 39.0 Å². The highest BCUT2D eigenvalue weighted by Crippen LogP contribution is 2.62. The predicted octanol–water partition coefficient (Wildman–Crippen LogP) is 1.01. The highest BCUT2D eigenvalue weighted by atomic mass is 16.5. The van der Waals surface area contributed by atoms with E-state index in [0.29, 0.717) is 18.4 Å². The van der Waals surface area contributed by atoms with Crippen molar-refractivity contribution in [2.45, 2.75) is 57.2 Å². The van der Waals surface area contributed by atoms with E-state index in [9.17, 15) is 4.79 Å². The molecule has 0 aromatic heterocycles. The first kappa shape index (κ1) is 13.2. The SMILES string of the molecule is C[C@H](CCO)NC(=O)NC1C2CCOC2C12CCC2. The molecule has 1 aliphatic heterocycles. The maximum Gasteiger partial charge on any atom is 0.315 e. The van der Waals surface area contributed by atoms with Gasteiger partial charge in [0.25, 0.3) is 0 Å². The van der Waals surface area contributed by atoms with Crippen LogP contribution in [-0.4, -0.2) is 42.5 Å². The van der Waals surface area contributed by atoms with Crippen LogP contribution in [0.3, 0.4) is 0 Å². The van der Waals surface area contributed by atoms with Crippen LogP contribution in [0, 0.1) is 11.3 Å². The summed E-state index contributed by atoms with van der Waals surface area (Å²) in [5.74, 6) is 0.513. The maximum atomic E-state index is 12.0. The Morgan fingerprint density at radius 3 is 2.95 bits per heavy atom. The van der Waals surface area contributed by atoms with Gasteiger partial charge in [-0.25, -0.2) is 4.79 Å². The Labute approximate surface area is 114 Å². The van der Waals surface area contributed by atoms with Gasteiger partial charge >= 0.3 is 6.03 Å². The molecule has 1 spiro atoms. The molecule has 3 N–H and O–H groups in total. The van der Waals surface area contributed by atoms with Gasteiger partial charge in [-0.15, -0.1) is 0 Å². The van der Waals surface area contributed by atoms with Gasteiger partial charge in [0, 0.05) is 36.6 Å². The van der Waals surface area contributed by atoms with E-state index in [0.717, 1.165) is 13.0 Å². The Morgan fingerprint density at radius 2 is 2.32 bits per heavy atom. The lowest BCUT2D eigenvalue weighted by atomic mass is 9.46. The molecule has 3 rings (SSSR count). The van der Waals surface area contributed by atoms with Gasteiger partial charge in [0.2, 0.25) is 0 Å². The molecule has 4 atom stereocenters. The molecule has 5 heteroatoms. The van der Waals surface area contributed by atoms with Gasteiger partial charge in [0.15, 0.2) is 0 Å². The number of fused-ring (bicyclic) bond motifs is 2. The number of carbonyl (C=O) groups is 1. The molecule has 1 saturated heterocycles. The molecule has 2 saturated carbocycles. The first-order valence-corrected chi connectivity index (χ1v) is 7.47. The molecule has 3 aliphatic rings. The monoisotopic (exact) mass is 268 g/mol. The fourth-order valence-corrected chi connectivity index (χ4v) is 4.13. The minimum atomic E-state index is -0.0948. The van der Waals surface area contributed by atoms with Crippen molar-refractivity contribution in [3.63, 3.8) is 0 Å². The van der Waals surface area contributed by atoms with E-state index in [2.05, 4.69) is 10.6 Å². The third-order valence-corrected chi connectivity index (χ3v) is 5.26. The van der Waals surface area contributed by atoms with Crippen LogP contribution in [0.25, 0.3) is 0 Å². The maximum absolute atomic E-state index is 12.0. The molecule has 108 valence electrons. The minimum absolute atomic E-state index is 0.0121. The number of carbonyl (C=O) groups excluding carboxylic acids is 1. The van der Waals surface area contributed by atoms with E-state index in [-0.39, 0.29) is 30.1 Å². The second-order valence-electron chi connectivity index (χ2n) is 6.34. The van der Waals surface area contributed by atoms with Crippen LogP contribution in [0.15, 0.2) is 0 Å². The average Bonchev–Trinajstić information content (AvgIpc) is 2.69. The van der Waals surface area contributed by atoms with Crippen molar-refractivity contribution < 1.29 is 14.6 Å². The fourth-order valence-electron chi connectivity index (χ4n) is 4.13. The van der Waals surface area contributed by atoms with Gasteiger partial charge in [-0.1, -0.05) is 6.42 Å². The van der Waals surface area contributed by atoms with Crippen LogP contribution in [0.4, 0.5) is 4.79 Å². The lowest BCUT2D eigenvalue weighted by molar-refractivity contribution is -0.172. The Hall–Kier alpha value is -0.810. The highest BCUT2D eigenvalue weighted by molar-refractivity contribution is 5.75. The van der Waals surface area contributed by atoms with Crippen LogP contribution in [0.5, 0.6) is 0 Å². The van der Waals surface area contributed by atoms with Gasteiger partial charge < -0.3 is 20.5 Å². The van der Waals surface area contributed by atoms with Crippen molar-refractivity contribution in [3.8, 4) is 0 Å². The van der Waals surface area contributed by atoms with Crippen molar-refractivity contribution in [1.29, 1.82) is 0 Å². The second kappa shape index (κ2) is 4.94. The lowest BCUT2D eigenvalue weighted by Gasteiger charge is -2.63. The van der Waals surface area contributed by atoms with Gasteiger partial charge in [-0.2, -0.15) is 0 Å². The number of amides is 2. The third-order valence-electron chi connectivity index (χ3n) is 5.26. The number of ether oxygens (including phenoxy) is 1. The van der Waals surface area contributed by atoms with Crippen molar-refractivity contribution >= 4 is 6.03 Å². The highest BCUT2D eigenvalue weighted by Gasteiger charge is 2.66. The summed E-state index contributed by atoms with van der Waals surface area (Å²) in [5, 5.41) is 14.9. The van der Waals surface area contributed by atoms with E-state index in [1.54, 1.807) is 0 Å². The lowest BCUT2D eigenvalue weighted by Crippen LogP contribution is -2.72. The standard InChI is InChI=1S/C14H24N2O3/c1-9(3-7-17)15-13(18)16-11-10-4-8-19-12(10)14(11)5-2-6-14/h9-12,17H,2-8H2,1H3,(H2,15,16,18)/t9-,10?,11?,12?/m1/s1. The fraction of sp³-hybridized carbons (Fsp3) is 0.929. The molecule has 1 heterocycles. The van der Waals surface area contributed by atoms with Crippen LogP contribution < -0.4 is 10.6 Å². The number of hydrogen-bond acceptors (Lipinski definition) is 3. The predicted molar refractivity (Wildman–Crippen MR) is 70.8 cm³/mol. The topological polar surface area (TPSA) is 70.6 Å². The summed E-state index contributed by atoms with van der Waals surface area (Å²) in [6.07, 6.45) is 5.69. The van der Waals surface area contributed by atoms with E-state index in [1.165, 1.54) is 19.3 Å². The summed E-state index contributed by atoms with van der Waals surface area (Å²) < 4.78 is 5.84. The molecule has 3 fully saturated rings. The molecule has 0 bridgehead atoms. The van der Waals surface area contributed by atoms with E-state index in [4.69, 9.17) is 9.84 Å². The van der Waals surface area contributed by atoms with Crippen LogP contribution in [-0.2, 0) is 4.74 Å². The number of hydrogen-bond donors (Lipinski definition) is 3. The first-order valence-electron chi connectivity index (χ1n) is 7.47. The summed E-state index contributed by atoms with van der Waals surface area (Å²) in [5.41, 5.74) is 0.235. The summed E-state index contributed by atoms with van der Waals surface area (Å²) in [6.45, 7) is 2.86. The zero-order chi connectivity index (χ0) is 13.5. The van der Waals surface area contributed by atoms with Gasteiger partial charge in [-0.05, 0) is 32.6 Å². The number of aliphatic hydroxyl groups excluding tert-OH is 1. The summed E-state index contributed by atoms with van der Waals surface area (Å²) in [4.78, 5) is 12.0. The Kier molecular flexibility index (Phi) is 3.43. The molecule has 2 aliphatic carbocycles. The second-order valence-corrected chi connectivity index (χ2v) is 6.34. The average molecular weight is 268 g/mol. The number of aliphatic hydroxyl groups is 1. The van der Waals surface area contributed by atoms with Crippen molar-refractivity contribution in [3.05, 3.63) is 0 Å².